The normalized spacial score (nSPS) is 24.2. The summed E-state index contributed by atoms with van der Waals surface area (Å²) in [6.45, 7) is 8.00. The van der Waals surface area contributed by atoms with Crippen LogP contribution in [0, 0.1) is 19.3 Å². The van der Waals surface area contributed by atoms with E-state index in [-0.39, 0.29) is 16.9 Å². The Morgan fingerprint density at radius 2 is 1.84 bits per heavy atom. The minimum absolute atomic E-state index is 0.103. The first kappa shape index (κ1) is 16.6. The molecular weight excluding hydrogens is 318 g/mol. The van der Waals surface area contributed by atoms with E-state index in [1.165, 1.54) is 0 Å². The smallest absolute Gasteiger partial charge is 0.228 e. The van der Waals surface area contributed by atoms with Gasteiger partial charge >= 0.3 is 0 Å². The third-order valence-corrected chi connectivity index (χ3v) is 6.67. The van der Waals surface area contributed by atoms with Crippen LogP contribution in [-0.2, 0) is 16.1 Å². The van der Waals surface area contributed by atoms with Crippen molar-refractivity contribution in [3.8, 4) is 0 Å². The van der Waals surface area contributed by atoms with Gasteiger partial charge < -0.3 is 14.3 Å². The van der Waals surface area contributed by atoms with Crippen molar-refractivity contribution in [3.63, 3.8) is 0 Å². The van der Waals surface area contributed by atoms with Gasteiger partial charge in [0.2, 0.25) is 11.8 Å². The van der Waals surface area contributed by atoms with E-state index >= 15 is 0 Å². The summed E-state index contributed by atoms with van der Waals surface area (Å²) in [6, 6.07) is 0. The summed E-state index contributed by atoms with van der Waals surface area (Å²) >= 11 is 0. The fourth-order valence-corrected chi connectivity index (χ4v) is 4.44. The van der Waals surface area contributed by atoms with Gasteiger partial charge in [-0.15, -0.1) is 0 Å². The molecule has 3 aliphatic rings. The number of aryl methyl sites for hydroxylation is 2. The van der Waals surface area contributed by atoms with Crippen molar-refractivity contribution in [2.45, 2.75) is 71.4 Å². The highest BCUT2D eigenvalue weighted by molar-refractivity contribution is 5.85. The molecule has 2 saturated heterocycles. The van der Waals surface area contributed by atoms with Gasteiger partial charge in [-0.3, -0.25) is 9.59 Å². The van der Waals surface area contributed by atoms with E-state index in [1.54, 1.807) is 0 Å². The number of likely N-dealkylation sites (tertiary alicyclic amines) is 2. The highest BCUT2D eigenvalue weighted by Gasteiger charge is 2.51. The third kappa shape index (κ3) is 2.66. The zero-order valence-corrected chi connectivity index (χ0v) is 15.4. The Morgan fingerprint density at radius 3 is 2.40 bits per heavy atom. The fraction of sp³-hybridized carbons (Fsp3) is 0.737. The largest absolute Gasteiger partial charge is 0.361 e. The molecule has 0 N–H and O–H groups in total. The van der Waals surface area contributed by atoms with Gasteiger partial charge in [-0.25, -0.2) is 0 Å². The Balaban J connectivity index is 1.49. The van der Waals surface area contributed by atoms with E-state index in [9.17, 15) is 9.59 Å². The van der Waals surface area contributed by atoms with Gasteiger partial charge in [-0.1, -0.05) is 12.1 Å². The summed E-state index contributed by atoms with van der Waals surface area (Å²) in [5, 5.41) is 4.02. The molecule has 4 rings (SSSR count). The van der Waals surface area contributed by atoms with Gasteiger partial charge in [0.25, 0.3) is 0 Å². The molecule has 1 saturated carbocycles. The zero-order valence-electron chi connectivity index (χ0n) is 15.4. The van der Waals surface area contributed by atoms with Gasteiger partial charge in [-0.2, -0.15) is 0 Å². The lowest BCUT2D eigenvalue weighted by Crippen LogP contribution is -2.54. The van der Waals surface area contributed by atoms with Crippen LogP contribution < -0.4 is 0 Å². The lowest BCUT2D eigenvalue weighted by Gasteiger charge is -2.45. The van der Waals surface area contributed by atoms with Gasteiger partial charge in [0, 0.05) is 36.0 Å². The number of aromatic nitrogens is 1. The number of hydrogen-bond donors (Lipinski definition) is 0. The number of carbonyl (C=O) groups excluding carboxylic acids is 2. The van der Waals surface area contributed by atoms with E-state index in [4.69, 9.17) is 4.52 Å². The molecule has 0 radical (unpaired) electrons. The highest BCUT2D eigenvalue weighted by atomic mass is 16.5. The number of piperidine rings is 1. The fourth-order valence-electron chi connectivity index (χ4n) is 4.44. The van der Waals surface area contributed by atoms with Crippen molar-refractivity contribution in [2.24, 2.45) is 5.41 Å². The molecule has 2 aliphatic heterocycles. The summed E-state index contributed by atoms with van der Waals surface area (Å²) < 4.78 is 5.27. The SMILES string of the molecule is Cc1noc(C)c1CN1C(=O)CCC12CCN(C(=O)C1(C)CC1)CC2. The maximum atomic E-state index is 12.6. The van der Waals surface area contributed by atoms with Crippen LogP contribution in [0.3, 0.4) is 0 Å². The van der Waals surface area contributed by atoms with Crippen molar-refractivity contribution in [1.29, 1.82) is 0 Å². The van der Waals surface area contributed by atoms with E-state index in [2.05, 4.69) is 12.1 Å². The molecule has 1 aromatic rings. The first-order valence-electron chi connectivity index (χ1n) is 9.36. The van der Waals surface area contributed by atoms with Gasteiger partial charge in [0.05, 0.1) is 12.2 Å². The number of hydrogen-bond acceptors (Lipinski definition) is 4. The Hall–Kier alpha value is -1.85. The first-order chi connectivity index (χ1) is 11.8. The monoisotopic (exact) mass is 345 g/mol. The van der Waals surface area contributed by atoms with Crippen molar-refractivity contribution in [1.82, 2.24) is 15.0 Å². The molecule has 0 bridgehead atoms. The molecule has 0 atom stereocenters. The van der Waals surface area contributed by atoms with Crippen LogP contribution in [0.25, 0.3) is 0 Å². The average Bonchev–Trinajstić information content (AvgIpc) is 3.19. The topological polar surface area (TPSA) is 66.7 Å². The first-order valence-corrected chi connectivity index (χ1v) is 9.36. The lowest BCUT2D eigenvalue weighted by molar-refractivity contribution is -0.140. The summed E-state index contributed by atoms with van der Waals surface area (Å²) in [5.41, 5.74) is 1.68. The molecule has 3 fully saturated rings. The molecule has 1 spiro atoms. The average molecular weight is 345 g/mol. The summed E-state index contributed by atoms with van der Waals surface area (Å²) in [5.74, 6) is 1.32. The Labute approximate surface area is 148 Å². The molecule has 6 nitrogen and oxygen atoms in total. The molecule has 0 aromatic carbocycles. The van der Waals surface area contributed by atoms with Crippen molar-refractivity contribution < 1.29 is 14.1 Å². The highest BCUT2D eigenvalue weighted by Crippen LogP contribution is 2.48. The molecular formula is C19H27N3O3. The van der Waals surface area contributed by atoms with Crippen molar-refractivity contribution in [2.75, 3.05) is 13.1 Å². The predicted molar refractivity (Wildman–Crippen MR) is 91.6 cm³/mol. The molecule has 3 heterocycles. The number of rotatable bonds is 3. The van der Waals surface area contributed by atoms with Gasteiger partial charge in [0.1, 0.15) is 5.76 Å². The number of carbonyl (C=O) groups is 2. The van der Waals surface area contributed by atoms with Crippen LogP contribution in [0.1, 0.15) is 62.5 Å². The van der Waals surface area contributed by atoms with Gasteiger partial charge in [0.15, 0.2) is 0 Å². The van der Waals surface area contributed by atoms with Crippen LogP contribution >= 0.6 is 0 Å². The maximum Gasteiger partial charge on any atom is 0.228 e. The van der Waals surface area contributed by atoms with Crippen LogP contribution in [0.15, 0.2) is 4.52 Å². The second-order valence-electron chi connectivity index (χ2n) is 8.36. The second kappa shape index (κ2) is 5.58. The maximum absolute atomic E-state index is 12.6. The molecule has 2 amide bonds. The Morgan fingerprint density at radius 1 is 1.16 bits per heavy atom. The number of amides is 2. The zero-order chi connectivity index (χ0) is 17.8. The lowest BCUT2D eigenvalue weighted by atomic mass is 9.84. The summed E-state index contributed by atoms with van der Waals surface area (Å²) in [4.78, 5) is 29.2. The summed E-state index contributed by atoms with van der Waals surface area (Å²) in [7, 11) is 0. The predicted octanol–water partition coefficient (Wildman–Crippen LogP) is 2.58. The van der Waals surface area contributed by atoms with Gasteiger partial charge in [-0.05, 0) is 46.0 Å². The molecule has 1 aliphatic carbocycles. The quantitative estimate of drug-likeness (QED) is 0.844. The third-order valence-electron chi connectivity index (χ3n) is 6.67. The van der Waals surface area contributed by atoms with E-state index in [1.807, 2.05) is 23.6 Å². The minimum atomic E-state index is -0.105. The van der Waals surface area contributed by atoms with Crippen LogP contribution in [0.5, 0.6) is 0 Å². The van der Waals surface area contributed by atoms with E-state index < -0.39 is 0 Å². The molecule has 6 heteroatoms. The standard InChI is InChI=1S/C19H27N3O3/c1-13-15(14(2)25-20-13)12-22-16(23)4-5-19(22)8-10-21(11-9-19)17(24)18(3)6-7-18/h4-12H2,1-3H3. The molecule has 0 unspecified atom stereocenters. The second-order valence-corrected chi connectivity index (χ2v) is 8.36. The molecule has 25 heavy (non-hydrogen) atoms. The van der Waals surface area contributed by atoms with Crippen LogP contribution in [0.2, 0.25) is 0 Å². The Kier molecular flexibility index (Phi) is 3.71. The van der Waals surface area contributed by atoms with Crippen LogP contribution in [0.4, 0.5) is 0 Å². The number of nitrogens with zero attached hydrogens (tertiary/aromatic N) is 3. The van der Waals surface area contributed by atoms with E-state index in [0.29, 0.717) is 18.9 Å². The minimum Gasteiger partial charge on any atom is -0.361 e. The molecule has 1 aromatic heterocycles. The summed E-state index contributed by atoms with van der Waals surface area (Å²) in [6.07, 6.45) is 5.30. The van der Waals surface area contributed by atoms with E-state index in [0.717, 1.165) is 62.2 Å². The van der Waals surface area contributed by atoms with Crippen LogP contribution in [-0.4, -0.2) is 45.4 Å². The Bertz CT molecular complexity index is 692. The van der Waals surface area contributed by atoms with Crippen molar-refractivity contribution in [3.05, 3.63) is 17.0 Å². The van der Waals surface area contributed by atoms with Crippen molar-refractivity contribution >= 4 is 11.8 Å². The molecule has 136 valence electrons.